The van der Waals surface area contributed by atoms with Crippen LogP contribution in [0.3, 0.4) is 0 Å². The third-order valence-corrected chi connectivity index (χ3v) is 5.36. The van der Waals surface area contributed by atoms with E-state index in [4.69, 9.17) is 4.74 Å². The topological polar surface area (TPSA) is 73.5 Å². The summed E-state index contributed by atoms with van der Waals surface area (Å²) in [5.74, 6) is 1.82. The van der Waals surface area contributed by atoms with E-state index in [9.17, 15) is 4.79 Å². The van der Waals surface area contributed by atoms with Crippen LogP contribution in [0.2, 0.25) is 0 Å². The Balaban J connectivity index is 1.27. The quantitative estimate of drug-likeness (QED) is 0.674. The van der Waals surface area contributed by atoms with Crippen molar-refractivity contribution in [3.05, 3.63) is 53.9 Å². The van der Waals surface area contributed by atoms with Crippen LogP contribution in [0.25, 0.3) is 11.0 Å². The number of aryl methyl sites for hydroxylation is 1. The minimum Gasteiger partial charge on any atom is -0.497 e. The van der Waals surface area contributed by atoms with Crippen molar-refractivity contribution in [2.24, 2.45) is 0 Å². The summed E-state index contributed by atoms with van der Waals surface area (Å²) < 4.78 is 5.27. The van der Waals surface area contributed by atoms with Crippen LogP contribution in [-0.2, 0) is 11.3 Å². The number of nitrogens with zero attached hydrogens (tertiary/aromatic N) is 3. The molecule has 2 N–H and O–H groups in total. The van der Waals surface area contributed by atoms with Crippen LogP contribution in [0.15, 0.2) is 42.5 Å². The molecule has 7 heteroatoms. The first-order chi connectivity index (χ1) is 14.1. The molecule has 1 fully saturated rings. The van der Waals surface area contributed by atoms with Gasteiger partial charge in [-0.2, -0.15) is 0 Å². The van der Waals surface area contributed by atoms with Crippen molar-refractivity contribution < 1.29 is 9.53 Å². The third-order valence-electron chi connectivity index (χ3n) is 5.36. The van der Waals surface area contributed by atoms with Crippen LogP contribution >= 0.6 is 0 Å². The molecule has 2 aromatic carbocycles. The fourth-order valence-corrected chi connectivity index (χ4v) is 3.67. The molecule has 0 radical (unpaired) electrons. The SMILES string of the molecule is COc1ccc2nc(CN3CCN(CC(=O)Nc4ccccc4C)CC3)[nH]c2c1. The fourth-order valence-electron chi connectivity index (χ4n) is 3.67. The Hall–Kier alpha value is -2.90. The van der Waals surface area contributed by atoms with Crippen LogP contribution in [-0.4, -0.2) is 65.5 Å². The molecule has 152 valence electrons. The molecule has 1 aliphatic heterocycles. The number of fused-ring (bicyclic) bond motifs is 1. The zero-order valence-electron chi connectivity index (χ0n) is 16.9. The number of aromatic amines is 1. The maximum absolute atomic E-state index is 12.4. The molecule has 1 saturated heterocycles. The van der Waals surface area contributed by atoms with E-state index in [0.29, 0.717) is 6.54 Å². The largest absolute Gasteiger partial charge is 0.497 e. The Morgan fingerprint density at radius 3 is 2.66 bits per heavy atom. The average molecular weight is 393 g/mol. The molecule has 0 aliphatic carbocycles. The number of H-pyrrole nitrogens is 1. The number of hydrogen-bond donors (Lipinski definition) is 2. The van der Waals surface area contributed by atoms with Gasteiger partial charge in [0, 0.05) is 37.9 Å². The molecule has 7 nitrogen and oxygen atoms in total. The standard InChI is InChI=1S/C22H27N5O2/c1-16-5-3-4-6-18(16)25-22(28)15-27-11-9-26(10-12-27)14-21-23-19-8-7-17(29-2)13-20(19)24-21/h3-8,13H,9-12,14-15H2,1-2H3,(H,23,24)(H,25,28). The van der Waals surface area contributed by atoms with Gasteiger partial charge in [-0.05, 0) is 30.7 Å². The number of hydrogen-bond acceptors (Lipinski definition) is 5. The van der Waals surface area contributed by atoms with Gasteiger partial charge < -0.3 is 15.0 Å². The van der Waals surface area contributed by atoms with Gasteiger partial charge in [-0.25, -0.2) is 4.98 Å². The highest BCUT2D eigenvalue weighted by molar-refractivity contribution is 5.92. The summed E-state index contributed by atoms with van der Waals surface area (Å²) in [6.07, 6.45) is 0. The van der Waals surface area contributed by atoms with E-state index in [1.54, 1.807) is 7.11 Å². The van der Waals surface area contributed by atoms with Crippen LogP contribution in [0.5, 0.6) is 5.75 Å². The van der Waals surface area contributed by atoms with Crippen LogP contribution < -0.4 is 10.1 Å². The summed E-state index contributed by atoms with van der Waals surface area (Å²) in [4.78, 5) is 25.0. The number of imidazole rings is 1. The van der Waals surface area contributed by atoms with Crippen LogP contribution in [0, 0.1) is 6.92 Å². The minimum atomic E-state index is 0.0407. The van der Waals surface area contributed by atoms with Gasteiger partial charge in [-0.15, -0.1) is 0 Å². The van der Waals surface area contributed by atoms with Gasteiger partial charge >= 0.3 is 0 Å². The molecule has 2 heterocycles. The van der Waals surface area contributed by atoms with Gasteiger partial charge in [-0.3, -0.25) is 14.6 Å². The van der Waals surface area contributed by atoms with E-state index in [-0.39, 0.29) is 5.91 Å². The molecule has 1 aliphatic rings. The lowest BCUT2D eigenvalue weighted by atomic mass is 10.2. The lowest BCUT2D eigenvalue weighted by Gasteiger charge is -2.33. The number of methoxy groups -OCH3 is 1. The van der Waals surface area contributed by atoms with Crippen molar-refractivity contribution in [2.45, 2.75) is 13.5 Å². The highest BCUT2D eigenvalue weighted by Gasteiger charge is 2.20. The Morgan fingerprint density at radius 1 is 1.14 bits per heavy atom. The molecule has 0 unspecified atom stereocenters. The molecular weight excluding hydrogens is 366 g/mol. The second-order valence-electron chi connectivity index (χ2n) is 7.48. The van der Waals surface area contributed by atoms with Gasteiger partial charge in [0.15, 0.2) is 0 Å². The van der Waals surface area contributed by atoms with E-state index in [0.717, 1.165) is 66.6 Å². The third kappa shape index (κ3) is 4.75. The number of aromatic nitrogens is 2. The van der Waals surface area contributed by atoms with Gasteiger partial charge in [0.25, 0.3) is 0 Å². The molecule has 0 spiro atoms. The molecule has 1 aromatic heterocycles. The molecule has 4 rings (SSSR count). The van der Waals surface area contributed by atoms with Gasteiger partial charge in [0.1, 0.15) is 11.6 Å². The van der Waals surface area contributed by atoms with Crippen molar-refractivity contribution in [1.29, 1.82) is 0 Å². The normalized spacial score (nSPS) is 15.5. The summed E-state index contributed by atoms with van der Waals surface area (Å²) >= 11 is 0. The molecule has 0 saturated carbocycles. The van der Waals surface area contributed by atoms with Crippen molar-refractivity contribution in [3.8, 4) is 5.75 Å². The number of para-hydroxylation sites is 1. The van der Waals surface area contributed by atoms with Gasteiger partial charge in [0.05, 0.1) is 31.2 Å². The summed E-state index contributed by atoms with van der Waals surface area (Å²) in [6, 6.07) is 13.7. The van der Waals surface area contributed by atoms with Crippen LogP contribution in [0.4, 0.5) is 5.69 Å². The number of amides is 1. The maximum Gasteiger partial charge on any atom is 0.238 e. The Bertz CT molecular complexity index is 992. The number of piperazine rings is 1. The Labute approximate surface area is 170 Å². The molecular formula is C22H27N5O2. The second kappa shape index (κ2) is 8.63. The summed E-state index contributed by atoms with van der Waals surface area (Å²) in [6.45, 7) is 6.77. The summed E-state index contributed by atoms with van der Waals surface area (Å²) in [5.41, 5.74) is 3.91. The second-order valence-corrected chi connectivity index (χ2v) is 7.48. The van der Waals surface area contributed by atoms with E-state index < -0.39 is 0 Å². The van der Waals surface area contributed by atoms with Crippen LogP contribution in [0.1, 0.15) is 11.4 Å². The first-order valence-corrected chi connectivity index (χ1v) is 9.93. The predicted octanol–water partition coefficient (Wildman–Crippen LogP) is 2.64. The Morgan fingerprint density at radius 2 is 1.90 bits per heavy atom. The van der Waals surface area contributed by atoms with Gasteiger partial charge in [-0.1, -0.05) is 18.2 Å². The minimum absolute atomic E-state index is 0.0407. The summed E-state index contributed by atoms with van der Waals surface area (Å²) in [5, 5.41) is 3.01. The number of carbonyl (C=O) groups excluding carboxylic acids is 1. The van der Waals surface area contributed by atoms with Crippen molar-refractivity contribution in [2.75, 3.05) is 45.2 Å². The Kier molecular flexibility index (Phi) is 5.78. The predicted molar refractivity (Wildman–Crippen MR) is 114 cm³/mol. The lowest BCUT2D eigenvalue weighted by Crippen LogP contribution is -2.48. The summed E-state index contributed by atoms with van der Waals surface area (Å²) in [7, 11) is 1.67. The zero-order valence-corrected chi connectivity index (χ0v) is 16.9. The molecule has 0 atom stereocenters. The van der Waals surface area contributed by atoms with E-state index in [1.807, 2.05) is 49.4 Å². The lowest BCUT2D eigenvalue weighted by molar-refractivity contribution is -0.117. The average Bonchev–Trinajstić information content (AvgIpc) is 3.12. The number of rotatable bonds is 6. The number of carbonyl (C=O) groups is 1. The van der Waals surface area contributed by atoms with E-state index in [2.05, 4.69) is 25.1 Å². The fraction of sp³-hybridized carbons (Fsp3) is 0.364. The highest BCUT2D eigenvalue weighted by Crippen LogP contribution is 2.19. The smallest absolute Gasteiger partial charge is 0.238 e. The van der Waals surface area contributed by atoms with Crippen molar-refractivity contribution in [1.82, 2.24) is 19.8 Å². The van der Waals surface area contributed by atoms with Crippen molar-refractivity contribution in [3.63, 3.8) is 0 Å². The number of nitrogens with one attached hydrogen (secondary N) is 2. The molecule has 1 amide bonds. The number of anilines is 1. The molecule has 0 bridgehead atoms. The van der Waals surface area contributed by atoms with Crippen molar-refractivity contribution >= 4 is 22.6 Å². The maximum atomic E-state index is 12.4. The number of benzene rings is 2. The number of ether oxygens (including phenoxy) is 1. The monoisotopic (exact) mass is 393 g/mol. The highest BCUT2D eigenvalue weighted by atomic mass is 16.5. The zero-order chi connectivity index (χ0) is 20.2. The first kappa shape index (κ1) is 19.4. The van der Waals surface area contributed by atoms with E-state index >= 15 is 0 Å². The van der Waals surface area contributed by atoms with Gasteiger partial charge in [0.2, 0.25) is 5.91 Å². The van der Waals surface area contributed by atoms with E-state index in [1.165, 1.54) is 0 Å². The first-order valence-electron chi connectivity index (χ1n) is 9.93. The molecule has 29 heavy (non-hydrogen) atoms. The molecule has 3 aromatic rings.